The van der Waals surface area contributed by atoms with E-state index < -0.39 is 0 Å². The molecule has 2 aromatic heterocycles. The first-order chi connectivity index (χ1) is 12.1. The van der Waals surface area contributed by atoms with Crippen molar-refractivity contribution in [2.45, 2.75) is 19.4 Å². The van der Waals surface area contributed by atoms with Gasteiger partial charge in [0.2, 0.25) is 5.91 Å². The number of hydrogen-bond acceptors (Lipinski definition) is 5. The second kappa shape index (κ2) is 7.77. The van der Waals surface area contributed by atoms with Crippen molar-refractivity contribution < 1.29 is 4.79 Å². The quantitative estimate of drug-likeness (QED) is 0.832. The molecule has 132 valence electrons. The number of piperidine rings is 1. The Bertz CT molecular complexity index is 800. The van der Waals surface area contributed by atoms with Gasteiger partial charge in [0.1, 0.15) is 4.47 Å². The average molecular weight is 406 g/mol. The highest BCUT2D eigenvalue weighted by atomic mass is 79.9. The number of amides is 1. The molecule has 0 radical (unpaired) electrons. The van der Waals surface area contributed by atoms with Crippen LogP contribution in [0.4, 0.5) is 5.69 Å². The molecule has 1 aliphatic rings. The number of nitrogens with zero attached hydrogens (tertiary/aromatic N) is 4. The summed E-state index contributed by atoms with van der Waals surface area (Å²) < 4.78 is 1.82. The van der Waals surface area contributed by atoms with Gasteiger partial charge >= 0.3 is 0 Å². The maximum absolute atomic E-state index is 12.4. The minimum atomic E-state index is -0.158. The van der Waals surface area contributed by atoms with Crippen LogP contribution < -0.4 is 15.8 Å². The van der Waals surface area contributed by atoms with Gasteiger partial charge < -0.3 is 10.2 Å². The fraction of sp³-hybridized carbons (Fsp3) is 0.412. The molecule has 0 aliphatic carbocycles. The highest BCUT2D eigenvalue weighted by Crippen LogP contribution is 2.27. The zero-order chi connectivity index (χ0) is 17.8. The molecular formula is C17H20BrN5O2. The zero-order valence-corrected chi connectivity index (χ0v) is 15.6. The van der Waals surface area contributed by atoms with Crippen LogP contribution in [0.3, 0.4) is 0 Å². The molecule has 3 heterocycles. The third kappa shape index (κ3) is 4.07. The SMILES string of the molecule is Cn1ncc(N2CCC(C(=O)NCc3cccnc3)CC2)c(Br)c1=O. The van der Waals surface area contributed by atoms with Crippen LogP contribution in [-0.4, -0.2) is 33.8 Å². The fourth-order valence-corrected chi connectivity index (χ4v) is 3.55. The van der Waals surface area contributed by atoms with E-state index in [0.29, 0.717) is 11.0 Å². The van der Waals surface area contributed by atoms with E-state index in [1.54, 1.807) is 25.6 Å². The number of halogens is 1. The largest absolute Gasteiger partial charge is 0.369 e. The Morgan fingerprint density at radius 2 is 2.12 bits per heavy atom. The van der Waals surface area contributed by atoms with Crippen LogP contribution in [0.25, 0.3) is 0 Å². The molecule has 0 bridgehead atoms. The van der Waals surface area contributed by atoms with Crippen molar-refractivity contribution in [3.63, 3.8) is 0 Å². The second-order valence-corrected chi connectivity index (χ2v) is 6.91. The summed E-state index contributed by atoms with van der Waals surface area (Å²) in [5, 5.41) is 7.06. The van der Waals surface area contributed by atoms with E-state index in [0.717, 1.165) is 37.2 Å². The van der Waals surface area contributed by atoms with Crippen LogP contribution in [0.2, 0.25) is 0 Å². The molecule has 8 heteroatoms. The van der Waals surface area contributed by atoms with Gasteiger partial charge in [0, 0.05) is 45.0 Å². The summed E-state index contributed by atoms with van der Waals surface area (Å²) in [5.41, 5.74) is 1.62. The summed E-state index contributed by atoms with van der Waals surface area (Å²) in [6, 6.07) is 3.80. The van der Waals surface area contributed by atoms with Gasteiger partial charge in [-0.1, -0.05) is 6.07 Å². The van der Waals surface area contributed by atoms with Crippen molar-refractivity contribution in [3.8, 4) is 0 Å². The Balaban J connectivity index is 1.56. The molecule has 0 unspecified atom stereocenters. The highest BCUT2D eigenvalue weighted by Gasteiger charge is 2.26. The number of nitrogens with one attached hydrogen (secondary N) is 1. The number of aryl methyl sites for hydroxylation is 1. The molecule has 0 saturated carbocycles. The molecule has 1 amide bonds. The Hall–Kier alpha value is -2.22. The van der Waals surface area contributed by atoms with Crippen LogP contribution >= 0.6 is 15.9 Å². The topological polar surface area (TPSA) is 80.1 Å². The van der Waals surface area contributed by atoms with Crippen LogP contribution in [-0.2, 0) is 18.4 Å². The third-order valence-corrected chi connectivity index (χ3v) is 5.20. The van der Waals surface area contributed by atoms with E-state index in [4.69, 9.17) is 0 Å². The normalized spacial score (nSPS) is 15.2. The summed E-state index contributed by atoms with van der Waals surface area (Å²) >= 11 is 3.36. The van der Waals surface area contributed by atoms with Gasteiger partial charge in [-0.25, -0.2) is 4.68 Å². The summed E-state index contributed by atoms with van der Waals surface area (Å²) in [6.07, 6.45) is 6.66. The number of rotatable bonds is 4. The Morgan fingerprint density at radius 3 is 2.80 bits per heavy atom. The molecule has 7 nitrogen and oxygen atoms in total. The van der Waals surface area contributed by atoms with E-state index in [-0.39, 0.29) is 17.4 Å². The molecule has 2 aromatic rings. The molecule has 1 saturated heterocycles. The lowest BCUT2D eigenvalue weighted by atomic mass is 9.95. The molecule has 0 aromatic carbocycles. The van der Waals surface area contributed by atoms with Crippen LogP contribution in [0.1, 0.15) is 18.4 Å². The predicted octanol–water partition coefficient (Wildman–Crippen LogP) is 1.47. The third-order valence-electron chi connectivity index (χ3n) is 4.46. The molecular weight excluding hydrogens is 386 g/mol. The van der Waals surface area contributed by atoms with E-state index in [9.17, 15) is 9.59 Å². The lowest BCUT2D eigenvalue weighted by molar-refractivity contribution is -0.125. The zero-order valence-electron chi connectivity index (χ0n) is 14.0. The molecule has 1 N–H and O–H groups in total. The van der Waals surface area contributed by atoms with Crippen molar-refractivity contribution in [1.82, 2.24) is 20.1 Å². The van der Waals surface area contributed by atoms with Crippen molar-refractivity contribution in [2.24, 2.45) is 13.0 Å². The van der Waals surface area contributed by atoms with Crippen LogP contribution in [0.5, 0.6) is 0 Å². The van der Waals surface area contributed by atoms with Gasteiger partial charge in [-0.3, -0.25) is 14.6 Å². The summed E-state index contributed by atoms with van der Waals surface area (Å²) in [5.74, 6) is 0.0656. The summed E-state index contributed by atoms with van der Waals surface area (Å²) in [7, 11) is 1.62. The number of aromatic nitrogens is 3. The molecule has 0 spiro atoms. The van der Waals surface area contributed by atoms with Crippen LogP contribution in [0.15, 0.2) is 40.0 Å². The number of hydrogen-bond donors (Lipinski definition) is 1. The summed E-state index contributed by atoms with van der Waals surface area (Å²) in [6.45, 7) is 1.94. The van der Waals surface area contributed by atoms with E-state index in [1.807, 2.05) is 12.1 Å². The molecule has 0 atom stereocenters. The lowest BCUT2D eigenvalue weighted by Crippen LogP contribution is -2.41. The summed E-state index contributed by atoms with van der Waals surface area (Å²) in [4.78, 5) is 30.5. The van der Waals surface area contributed by atoms with Crippen molar-refractivity contribution in [1.29, 1.82) is 0 Å². The molecule has 1 fully saturated rings. The minimum Gasteiger partial charge on any atom is -0.369 e. The Labute approximate surface area is 154 Å². The van der Waals surface area contributed by atoms with Gasteiger partial charge in [-0.15, -0.1) is 0 Å². The molecule has 1 aliphatic heterocycles. The van der Waals surface area contributed by atoms with Gasteiger partial charge in [-0.05, 0) is 40.4 Å². The number of pyridine rings is 1. The number of carbonyl (C=O) groups is 1. The fourth-order valence-electron chi connectivity index (χ4n) is 2.94. The first-order valence-corrected chi connectivity index (χ1v) is 8.99. The van der Waals surface area contributed by atoms with Gasteiger partial charge in [0.25, 0.3) is 5.56 Å². The molecule has 3 rings (SSSR count). The Morgan fingerprint density at radius 1 is 1.36 bits per heavy atom. The first kappa shape index (κ1) is 17.6. The van der Waals surface area contributed by atoms with Crippen LogP contribution in [0, 0.1) is 5.92 Å². The maximum atomic E-state index is 12.4. The van der Waals surface area contributed by atoms with Crippen molar-refractivity contribution in [2.75, 3.05) is 18.0 Å². The number of anilines is 1. The monoisotopic (exact) mass is 405 g/mol. The minimum absolute atomic E-state index is 0.00815. The highest BCUT2D eigenvalue weighted by molar-refractivity contribution is 9.10. The smallest absolute Gasteiger partial charge is 0.282 e. The predicted molar refractivity (Wildman–Crippen MR) is 98.2 cm³/mol. The average Bonchev–Trinajstić information content (AvgIpc) is 2.65. The molecule has 25 heavy (non-hydrogen) atoms. The van der Waals surface area contributed by atoms with E-state index >= 15 is 0 Å². The first-order valence-electron chi connectivity index (χ1n) is 8.19. The van der Waals surface area contributed by atoms with E-state index in [2.05, 4.69) is 36.2 Å². The lowest BCUT2D eigenvalue weighted by Gasteiger charge is -2.33. The number of carbonyl (C=O) groups excluding carboxylic acids is 1. The maximum Gasteiger partial charge on any atom is 0.282 e. The van der Waals surface area contributed by atoms with Crippen molar-refractivity contribution in [3.05, 3.63) is 51.1 Å². The van der Waals surface area contributed by atoms with Gasteiger partial charge in [0.15, 0.2) is 0 Å². The standard InChI is InChI=1S/C17H20BrN5O2/c1-22-17(25)15(18)14(11-21-22)23-7-4-13(5-8-23)16(24)20-10-12-3-2-6-19-9-12/h2-3,6,9,11,13H,4-5,7-8,10H2,1H3,(H,20,24). The Kier molecular flexibility index (Phi) is 5.47. The second-order valence-electron chi connectivity index (χ2n) is 6.11. The van der Waals surface area contributed by atoms with Gasteiger partial charge in [-0.2, -0.15) is 5.10 Å². The van der Waals surface area contributed by atoms with E-state index in [1.165, 1.54) is 4.68 Å². The van der Waals surface area contributed by atoms with Gasteiger partial charge in [0.05, 0.1) is 11.9 Å². The van der Waals surface area contributed by atoms with Crippen molar-refractivity contribution >= 4 is 27.5 Å².